The Morgan fingerprint density at radius 3 is 2.87 bits per heavy atom. The average molecular weight is 203 g/mol. The van der Waals surface area contributed by atoms with Gasteiger partial charge in [-0.15, -0.1) is 0 Å². The Morgan fingerprint density at radius 1 is 1.33 bits per heavy atom. The van der Waals surface area contributed by atoms with E-state index in [1.54, 1.807) is 0 Å². The molecular formula is C12H17N3. The molecule has 3 heteroatoms. The summed E-state index contributed by atoms with van der Waals surface area (Å²) in [7, 11) is 0. The molecule has 1 aliphatic heterocycles. The first-order chi connectivity index (χ1) is 7.40. The summed E-state index contributed by atoms with van der Waals surface area (Å²) in [5.74, 6) is 0.922. The maximum Gasteiger partial charge on any atom is 0.142 e. The van der Waals surface area contributed by atoms with E-state index in [0.717, 1.165) is 25.3 Å². The molecule has 1 atom stereocenters. The molecule has 0 saturated carbocycles. The van der Waals surface area contributed by atoms with Gasteiger partial charge in [0.05, 0.1) is 6.54 Å². The minimum Gasteiger partial charge on any atom is -0.289 e. The summed E-state index contributed by atoms with van der Waals surface area (Å²) in [6, 6.07) is 2.51. The van der Waals surface area contributed by atoms with Crippen molar-refractivity contribution in [2.24, 2.45) is 0 Å². The van der Waals surface area contributed by atoms with Crippen molar-refractivity contribution in [2.75, 3.05) is 6.54 Å². The molecule has 80 valence electrons. The fourth-order valence-electron chi connectivity index (χ4n) is 1.97. The first-order valence-corrected chi connectivity index (χ1v) is 5.55. The summed E-state index contributed by atoms with van der Waals surface area (Å²) < 4.78 is 0. The van der Waals surface area contributed by atoms with E-state index in [-0.39, 0.29) is 0 Å². The minimum atomic E-state index is 0.652. The van der Waals surface area contributed by atoms with Gasteiger partial charge in [-0.3, -0.25) is 4.90 Å². The Hall–Kier alpha value is -1.22. The molecule has 1 aromatic rings. The van der Waals surface area contributed by atoms with Crippen LogP contribution in [-0.2, 0) is 6.54 Å². The number of nitrogens with zero attached hydrogens (tertiary/aromatic N) is 3. The molecule has 0 amide bonds. The van der Waals surface area contributed by atoms with Gasteiger partial charge in [0.25, 0.3) is 0 Å². The van der Waals surface area contributed by atoms with Crippen LogP contribution in [0.25, 0.3) is 0 Å². The maximum absolute atomic E-state index is 4.26. The van der Waals surface area contributed by atoms with Crippen molar-refractivity contribution in [3.05, 3.63) is 36.4 Å². The van der Waals surface area contributed by atoms with Crippen molar-refractivity contribution < 1.29 is 0 Å². The molecule has 15 heavy (non-hydrogen) atoms. The Labute approximate surface area is 90.9 Å². The lowest BCUT2D eigenvalue weighted by Crippen LogP contribution is -2.36. The highest BCUT2D eigenvalue weighted by Gasteiger charge is 2.18. The number of rotatable bonds is 3. The highest BCUT2D eigenvalue weighted by Crippen LogP contribution is 2.15. The van der Waals surface area contributed by atoms with Crippen molar-refractivity contribution >= 4 is 0 Å². The van der Waals surface area contributed by atoms with Crippen LogP contribution in [0.5, 0.6) is 0 Å². The number of hydrogen-bond acceptors (Lipinski definition) is 3. The van der Waals surface area contributed by atoms with E-state index < -0.39 is 0 Å². The largest absolute Gasteiger partial charge is 0.289 e. The Kier molecular flexibility index (Phi) is 3.45. The van der Waals surface area contributed by atoms with E-state index in [2.05, 4.69) is 33.9 Å². The number of aromatic nitrogens is 2. The van der Waals surface area contributed by atoms with Crippen LogP contribution in [0.4, 0.5) is 0 Å². The molecule has 0 N–H and O–H groups in total. The SMILES string of the molecule is CCC1CC=CCN1Cc1ncccn1. The summed E-state index contributed by atoms with van der Waals surface area (Å²) in [4.78, 5) is 11.0. The van der Waals surface area contributed by atoms with Crippen LogP contribution in [0.3, 0.4) is 0 Å². The van der Waals surface area contributed by atoms with Crippen molar-refractivity contribution in [1.29, 1.82) is 0 Å². The Bertz CT molecular complexity index is 321. The third kappa shape index (κ3) is 2.63. The van der Waals surface area contributed by atoms with Gasteiger partial charge in [-0.1, -0.05) is 19.1 Å². The molecule has 0 aromatic carbocycles. The van der Waals surface area contributed by atoms with Crippen LogP contribution in [0.1, 0.15) is 25.6 Å². The molecular weight excluding hydrogens is 186 g/mol. The zero-order valence-electron chi connectivity index (χ0n) is 9.13. The fourth-order valence-corrected chi connectivity index (χ4v) is 1.97. The molecule has 1 aromatic heterocycles. The van der Waals surface area contributed by atoms with Crippen LogP contribution in [0, 0.1) is 0 Å². The molecule has 2 heterocycles. The smallest absolute Gasteiger partial charge is 0.142 e. The second-order valence-corrected chi connectivity index (χ2v) is 3.86. The van der Waals surface area contributed by atoms with Crippen LogP contribution < -0.4 is 0 Å². The molecule has 0 spiro atoms. The lowest BCUT2D eigenvalue weighted by atomic mass is 10.1. The van der Waals surface area contributed by atoms with Gasteiger partial charge in [0.15, 0.2) is 0 Å². The maximum atomic E-state index is 4.26. The number of hydrogen-bond donors (Lipinski definition) is 0. The van der Waals surface area contributed by atoms with Gasteiger partial charge < -0.3 is 0 Å². The predicted octanol–water partition coefficient (Wildman–Crippen LogP) is 2.02. The first kappa shape index (κ1) is 10.3. The second-order valence-electron chi connectivity index (χ2n) is 3.86. The van der Waals surface area contributed by atoms with Crippen LogP contribution >= 0.6 is 0 Å². The monoisotopic (exact) mass is 203 g/mol. The molecule has 0 fully saturated rings. The standard InChI is InChI=1S/C12H17N3/c1-2-11-6-3-4-9-15(11)10-12-13-7-5-8-14-12/h3-5,7-8,11H,2,6,9-10H2,1H3. The van der Waals surface area contributed by atoms with Gasteiger partial charge in [0, 0.05) is 25.0 Å². The molecule has 0 radical (unpaired) electrons. The third-order valence-electron chi connectivity index (χ3n) is 2.87. The summed E-state index contributed by atoms with van der Waals surface area (Å²) in [6.07, 6.45) is 10.5. The van der Waals surface area contributed by atoms with E-state index in [9.17, 15) is 0 Å². The average Bonchev–Trinajstić information content (AvgIpc) is 2.31. The fraction of sp³-hybridized carbons (Fsp3) is 0.500. The van der Waals surface area contributed by atoms with E-state index in [0.29, 0.717) is 6.04 Å². The van der Waals surface area contributed by atoms with E-state index in [1.165, 1.54) is 6.42 Å². The van der Waals surface area contributed by atoms with Crippen molar-refractivity contribution in [1.82, 2.24) is 14.9 Å². The van der Waals surface area contributed by atoms with Crippen molar-refractivity contribution in [2.45, 2.75) is 32.4 Å². The molecule has 1 unspecified atom stereocenters. The molecule has 2 rings (SSSR count). The highest BCUT2D eigenvalue weighted by atomic mass is 15.2. The van der Waals surface area contributed by atoms with Gasteiger partial charge >= 0.3 is 0 Å². The minimum absolute atomic E-state index is 0.652. The first-order valence-electron chi connectivity index (χ1n) is 5.55. The van der Waals surface area contributed by atoms with E-state index in [1.807, 2.05) is 18.5 Å². The third-order valence-corrected chi connectivity index (χ3v) is 2.87. The lowest BCUT2D eigenvalue weighted by Gasteiger charge is -2.31. The molecule has 3 nitrogen and oxygen atoms in total. The van der Waals surface area contributed by atoms with Gasteiger partial charge in [-0.2, -0.15) is 0 Å². The van der Waals surface area contributed by atoms with E-state index >= 15 is 0 Å². The quantitative estimate of drug-likeness (QED) is 0.704. The van der Waals surface area contributed by atoms with Crippen LogP contribution in [-0.4, -0.2) is 27.5 Å². The molecule has 0 bridgehead atoms. The van der Waals surface area contributed by atoms with Gasteiger partial charge in [-0.25, -0.2) is 9.97 Å². The molecule has 0 saturated heterocycles. The van der Waals surface area contributed by atoms with Gasteiger partial charge in [-0.05, 0) is 18.9 Å². The Balaban J connectivity index is 2.01. The lowest BCUT2D eigenvalue weighted by molar-refractivity contribution is 0.190. The van der Waals surface area contributed by atoms with E-state index in [4.69, 9.17) is 0 Å². The summed E-state index contributed by atoms with van der Waals surface area (Å²) in [5, 5.41) is 0. The summed E-state index contributed by atoms with van der Waals surface area (Å²) in [6.45, 7) is 4.13. The van der Waals surface area contributed by atoms with Crippen molar-refractivity contribution in [3.8, 4) is 0 Å². The van der Waals surface area contributed by atoms with Crippen LogP contribution in [0.15, 0.2) is 30.6 Å². The topological polar surface area (TPSA) is 29.0 Å². The van der Waals surface area contributed by atoms with Gasteiger partial charge in [0.1, 0.15) is 5.82 Å². The zero-order chi connectivity index (χ0) is 10.5. The normalized spacial score (nSPS) is 21.8. The van der Waals surface area contributed by atoms with Crippen molar-refractivity contribution in [3.63, 3.8) is 0 Å². The molecule has 0 aliphatic carbocycles. The predicted molar refractivity (Wildman–Crippen MR) is 60.3 cm³/mol. The van der Waals surface area contributed by atoms with Gasteiger partial charge in [0.2, 0.25) is 0 Å². The van der Waals surface area contributed by atoms with Crippen LogP contribution in [0.2, 0.25) is 0 Å². The Morgan fingerprint density at radius 2 is 2.13 bits per heavy atom. The second kappa shape index (κ2) is 5.03. The zero-order valence-corrected chi connectivity index (χ0v) is 9.13. The molecule has 1 aliphatic rings. The summed E-state index contributed by atoms with van der Waals surface area (Å²) >= 11 is 0. The summed E-state index contributed by atoms with van der Waals surface area (Å²) in [5.41, 5.74) is 0. The highest BCUT2D eigenvalue weighted by molar-refractivity contribution is 4.98.